The van der Waals surface area contributed by atoms with E-state index in [0.717, 1.165) is 19.6 Å². The van der Waals surface area contributed by atoms with Crippen molar-refractivity contribution < 1.29 is 0 Å². The molecule has 0 radical (unpaired) electrons. The Kier molecular flexibility index (Phi) is 7.20. The number of likely N-dealkylation sites (N-methyl/N-ethyl adjacent to an activating group) is 1. The quantitative estimate of drug-likeness (QED) is 0.793. The molecule has 0 amide bonds. The van der Waals surface area contributed by atoms with E-state index in [9.17, 15) is 0 Å². The molecule has 20 heavy (non-hydrogen) atoms. The lowest BCUT2D eigenvalue weighted by Crippen LogP contribution is -2.36. The van der Waals surface area contributed by atoms with Gasteiger partial charge >= 0.3 is 0 Å². The average Bonchev–Trinajstić information content (AvgIpc) is 2.41. The van der Waals surface area contributed by atoms with Crippen LogP contribution in [0.4, 0.5) is 0 Å². The van der Waals surface area contributed by atoms with Gasteiger partial charge in [-0.05, 0) is 58.6 Å². The Morgan fingerprint density at radius 1 is 1.15 bits per heavy atom. The van der Waals surface area contributed by atoms with E-state index >= 15 is 0 Å². The molecule has 114 valence electrons. The highest BCUT2D eigenvalue weighted by Crippen LogP contribution is 2.24. The highest BCUT2D eigenvalue weighted by molar-refractivity contribution is 5.33. The zero-order valence-electron chi connectivity index (χ0n) is 13.8. The Morgan fingerprint density at radius 3 is 2.40 bits per heavy atom. The van der Waals surface area contributed by atoms with Crippen molar-refractivity contribution in [2.45, 2.75) is 33.2 Å². The van der Waals surface area contributed by atoms with Crippen molar-refractivity contribution in [2.24, 2.45) is 5.73 Å². The molecule has 1 rings (SSSR count). The Labute approximate surface area is 124 Å². The van der Waals surface area contributed by atoms with Gasteiger partial charge in [-0.1, -0.05) is 30.7 Å². The van der Waals surface area contributed by atoms with Crippen LogP contribution in [-0.4, -0.2) is 50.1 Å². The normalized spacial score (nSPS) is 13.2. The lowest BCUT2D eigenvalue weighted by atomic mass is 9.97. The van der Waals surface area contributed by atoms with E-state index in [4.69, 9.17) is 5.73 Å². The second-order valence-electron chi connectivity index (χ2n) is 5.90. The number of rotatable bonds is 8. The molecule has 0 aliphatic rings. The molecule has 0 heterocycles. The van der Waals surface area contributed by atoms with Crippen molar-refractivity contribution in [1.82, 2.24) is 9.80 Å². The van der Waals surface area contributed by atoms with Crippen LogP contribution in [0.1, 0.15) is 36.1 Å². The Morgan fingerprint density at radius 2 is 1.85 bits per heavy atom. The number of aryl methyl sites for hydroxylation is 2. The second-order valence-corrected chi connectivity index (χ2v) is 5.90. The summed E-state index contributed by atoms with van der Waals surface area (Å²) in [5.41, 5.74) is 10.1. The molecule has 0 bridgehead atoms. The van der Waals surface area contributed by atoms with Crippen LogP contribution < -0.4 is 5.73 Å². The summed E-state index contributed by atoms with van der Waals surface area (Å²) >= 11 is 0. The molecule has 0 saturated heterocycles. The third-order valence-electron chi connectivity index (χ3n) is 3.91. The molecule has 0 aliphatic carbocycles. The van der Waals surface area contributed by atoms with E-state index in [1.54, 1.807) is 0 Å². The summed E-state index contributed by atoms with van der Waals surface area (Å²) in [5.74, 6) is 0. The van der Waals surface area contributed by atoms with Gasteiger partial charge in [-0.15, -0.1) is 0 Å². The summed E-state index contributed by atoms with van der Waals surface area (Å²) in [4.78, 5) is 4.74. The van der Waals surface area contributed by atoms with Crippen LogP contribution in [0, 0.1) is 13.8 Å². The highest BCUT2D eigenvalue weighted by atomic mass is 15.2. The molecule has 3 nitrogen and oxygen atoms in total. The molecule has 0 aromatic heterocycles. The van der Waals surface area contributed by atoms with Gasteiger partial charge in [0, 0.05) is 19.1 Å². The predicted octanol–water partition coefficient (Wildman–Crippen LogP) is 2.58. The maximum absolute atomic E-state index is 6.08. The van der Waals surface area contributed by atoms with Crippen LogP contribution in [0.5, 0.6) is 0 Å². The number of benzene rings is 1. The third-order valence-corrected chi connectivity index (χ3v) is 3.91. The summed E-state index contributed by atoms with van der Waals surface area (Å²) in [6, 6.07) is 7.01. The van der Waals surface area contributed by atoms with Crippen LogP contribution in [0.3, 0.4) is 0 Å². The maximum Gasteiger partial charge on any atom is 0.0473 e. The molecule has 2 N–H and O–H groups in total. The number of nitrogens with two attached hydrogens (primary N) is 1. The van der Waals surface area contributed by atoms with E-state index in [1.807, 2.05) is 0 Å². The van der Waals surface area contributed by atoms with Crippen LogP contribution in [0.2, 0.25) is 0 Å². The van der Waals surface area contributed by atoms with Crippen LogP contribution >= 0.6 is 0 Å². The summed E-state index contributed by atoms with van der Waals surface area (Å²) in [6.45, 7) is 10.5. The molecule has 0 spiro atoms. The number of nitrogens with zero attached hydrogens (tertiary/aromatic N) is 2. The van der Waals surface area contributed by atoms with Crippen molar-refractivity contribution in [3.05, 3.63) is 34.9 Å². The van der Waals surface area contributed by atoms with Crippen molar-refractivity contribution >= 4 is 0 Å². The molecule has 3 heteroatoms. The van der Waals surface area contributed by atoms with Gasteiger partial charge < -0.3 is 10.6 Å². The molecular weight excluding hydrogens is 246 g/mol. The predicted molar refractivity (Wildman–Crippen MR) is 88.1 cm³/mol. The first-order valence-electron chi connectivity index (χ1n) is 7.65. The van der Waals surface area contributed by atoms with E-state index in [-0.39, 0.29) is 0 Å². The molecule has 0 saturated carbocycles. The Hall–Kier alpha value is -0.900. The minimum absolute atomic E-state index is 0.335. The molecule has 1 atom stereocenters. The van der Waals surface area contributed by atoms with E-state index in [1.165, 1.54) is 23.1 Å². The molecule has 1 aromatic carbocycles. The van der Waals surface area contributed by atoms with Crippen LogP contribution in [-0.2, 0) is 0 Å². The van der Waals surface area contributed by atoms with E-state index < -0.39 is 0 Å². The Bertz CT molecular complexity index is 401. The van der Waals surface area contributed by atoms with Gasteiger partial charge in [0.15, 0.2) is 0 Å². The monoisotopic (exact) mass is 277 g/mol. The standard InChI is InChI=1S/C17H31N3/c1-6-20(11-7-10-19(4)5)17(13-18)16-12-14(2)8-9-15(16)3/h8-9,12,17H,6-7,10-11,13,18H2,1-5H3. The first kappa shape index (κ1) is 17.2. The van der Waals surface area contributed by atoms with Gasteiger partial charge in [-0.25, -0.2) is 0 Å². The molecule has 0 fully saturated rings. The molecular formula is C17H31N3. The maximum atomic E-state index is 6.08. The minimum atomic E-state index is 0.335. The fourth-order valence-electron chi connectivity index (χ4n) is 2.72. The van der Waals surface area contributed by atoms with Gasteiger partial charge in [-0.2, -0.15) is 0 Å². The Balaban J connectivity index is 2.82. The molecule has 1 aromatic rings. The van der Waals surface area contributed by atoms with Crippen LogP contribution in [0.15, 0.2) is 18.2 Å². The van der Waals surface area contributed by atoms with E-state index in [2.05, 4.69) is 62.9 Å². The smallest absolute Gasteiger partial charge is 0.0473 e. The lowest BCUT2D eigenvalue weighted by molar-refractivity contribution is 0.201. The lowest BCUT2D eigenvalue weighted by Gasteiger charge is -2.31. The summed E-state index contributed by atoms with van der Waals surface area (Å²) in [6.07, 6.45) is 1.18. The van der Waals surface area contributed by atoms with Gasteiger partial charge in [0.2, 0.25) is 0 Å². The topological polar surface area (TPSA) is 32.5 Å². The summed E-state index contributed by atoms with van der Waals surface area (Å²) in [5, 5.41) is 0. The molecule has 1 unspecified atom stereocenters. The van der Waals surface area contributed by atoms with Crippen molar-refractivity contribution in [1.29, 1.82) is 0 Å². The van der Waals surface area contributed by atoms with Crippen molar-refractivity contribution in [3.63, 3.8) is 0 Å². The van der Waals surface area contributed by atoms with Gasteiger partial charge in [0.25, 0.3) is 0 Å². The van der Waals surface area contributed by atoms with Crippen molar-refractivity contribution in [3.8, 4) is 0 Å². The number of hydrogen-bond donors (Lipinski definition) is 1. The molecule has 0 aliphatic heterocycles. The fraction of sp³-hybridized carbons (Fsp3) is 0.647. The largest absolute Gasteiger partial charge is 0.329 e. The first-order valence-corrected chi connectivity index (χ1v) is 7.65. The fourth-order valence-corrected chi connectivity index (χ4v) is 2.72. The van der Waals surface area contributed by atoms with E-state index in [0.29, 0.717) is 12.6 Å². The average molecular weight is 277 g/mol. The van der Waals surface area contributed by atoms with Gasteiger partial charge in [-0.3, -0.25) is 4.90 Å². The third kappa shape index (κ3) is 4.89. The SMILES string of the molecule is CCN(CCCN(C)C)C(CN)c1cc(C)ccc1C. The minimum Gasteiger partial charge on any atom is -0.329 e. The van der Waals surface area contributed by atoms with Gasteiger partial charge in [0.05, 0.1) is 0 Å². The van der Waals surface area contributed by atoms with Crippen LogP contribution in [0.25, 0.3) is 0 Å². The second kappa shape index (κ2) is 8.40. The zero-order valence-corrected chi connectivity index (χ0v) is 13.8. The first-order chi connectivity index (χ1) is 9.49. The highest BCUT2D eigenvalue weighted by Gasteiger charge is 2.19. The number of hydrogen-bond acceptors (Lipinski definition) is 3. The van der Waals surface area contributed by atoms with Gasteiger partial charge in [0.1, 0.15) is 0 Å². The summed E-state index contributed by atoms with van der Waals surface area (Å²) in [7, 11) is 4.25. The summed E-state index contributed by atoms with van der Waals surface area (Å²) < 4.78 is 0. The van der Waals surface area contributed by atoms with Crippen molar-refractivity contribution in [2.75, 3.05) is 40.3 Å². The zero-order chi connectivity index (χ0) is 15.1.